The van der Waals surface area contributed by atoms with Gasteiger partial charge in [-0.1, -0.05) is 28.1 Å². The fourth-order valence-electron chi connectivity index (χ4n) is 1.66. The lowest BCUT2D eigenvalue weighted by Gasteiger charge is -2.09. The summed E-state index contributed by atoms with van der Waals surface area (Å²) < 4.78 is 6.87. The predicted octanol–water partition coefficient (Wildman–Crippen LogP) is 4.57. The summed E-state index contributed by atoms with van der Waals surface area (Å²) in [4.78, 5) is 0. The first-order valence-corrected chi connectivity index (χ1v) is 6.65. The van der Waals surface area contributed by atoms with Gasteiger partial charge >= 0.3 is 0 Å². The van der Waals surface area contributed by atoms with Crippen molar-refractivity contribution in [2.24, 2.45) is 5.73 Å². The van der Waals surface area contributed by atoms with Gasteiger partial charge in [0.15, 0.2) is 0 Å². The van der Waals surface area contributed by atoms with E-state index >= 15 is 0 Å². The normalized spacial score (nSPS) is 12.2. The molecule has 0 saturated heterocycles. The first-order valence-electron chi connectivity index (χ1n) is 5.86. The first-order chi connectivity index (χ1) is 8.56. The number of hydrogen-bond donors (Lipinski definition) is 1. The average molecular weight is 306 g/mol. The van der Waals surface area contributed by atoms with Crippen LogP contribution in [0, 0.1) is 6.92 Å². The minimum Gasteiger partial charge on any atom is -0.457 e. The number of halogens is 1. The van der Waals surface area contributed by atoms with Gasteiger partial charge in [-0.25, -0.2) is 0 Å². The van der Waals surface area contributed by atoms with Gasteiger partial charge in [-0.3, -0.25) is 0 Å². The summed E-state index contributed by atoms with van der Waals surface area (Å²) in [6.45, 7) is 4.00. The van der Waals surface area contributed by atoms with E-state index in [1.54, 1.807) is 0 Å². The molecule has 2 aromatic rings. The first kappa shape index (κ1) is 13.1. The third-order valence-electron chi connectivity index (χ3n) is 2.77. The zero-order valence-electron chi connectivity index (χ0n) is 10.5. The van der Waals surface area contributed by atoms with Crippen LogP contribution in [-0.2, 0) is 0 Å². The Morgan fingerprint density at radius 3 is 2.22 bits per heavy atom. The highest BCUT2D eigenvalue weighted by Gasteiger charge is 2.02. The molecule has 0 aliphatic carbocycles. The Hall–Kier alpha value is -1.32. The van der Waals surface area contributed by atoms with Gasteiger partial charge in [0.05, 0.1) is 0 Å². The summed E-state index contributed by atoms with van der Waals surface area (Å²) in [6, 6.07) is 13.8. The summed E-state index contributed by atoms with van der Waals surface area (Å²) in [5.41, 5.74) is 8.07. The number of ether oxygens (including phenoxy) is 1. The van der Waals surface area contributed by atoms with Gasteiger partial charge in [0.2, 0.25) is 0 Å². The van der Waals surface area contributed by atoms with E-state index in [0.717, 1.165) is 27.1 Å². The third-order valence-corrected chi connectivity index (χ3v) is 3.66. The third kappa shape index (κ3) is 3.12. The van der Waals surface area contributed by atoms with E-state index in [1.165, 1.54) is 0 Å². The van der Waals surface area contributed by atoms with Crippen LogP contribution in [-0.4, -0.2) is 0 Å². The van der Waals surface area contributed by atoms with E-state index in [1.807, 2.05) is 56.3 Å². The quantitative estimate of drug-likeness (QED) is 0.901. The lowest BCUT2D eigenvalue weighted by atomic mass is 10.1. The second-order valence-electron chi connectivity index (χ2n) is 4.37. The Kier molecular flexibility index (Phi) is 4.04. The van der Waals surface area contributed by atoms with Crippen LogP contribution in [0.5, 0.6) is 11.5 Å². The molecule has 0 bridgehead atoms. The number of hydrogen-bond acceptors (Lipinski definition) is 2. The van der Waals surface area contributed by atoms with Gasteiger partial charge in [-0.2, -0.15) is 0 Å². The smallest absolute Gasteiger partial charge is 0.127 e. The van der Waals surface area contributed by atoms with E-state index in [9.17, 15) is 0 Å². The highest BCUT2D eigenvalue weighted by molar-refractivity contribution is 9.10. The topological polar surface area (TPSA) is 35.2 Å². The van der Waals surface area contributed by atoms with Gasteiger partial charge in [0.25, 0.3) is 0 Å². The number of nitrogens with two attached hydrogens (primary N) is 1. The Morgan fingerprint density at radius 2 is 1.67 bits per heavy atom. The summed E-state index contributed by atoms with van der Waals surface area (Å²) in [5, 5.41) is 0. The molecule has 2 aromatic carbocycles. The van der Waals surface area contributed by atoms with Crippen LogP contribution in [0.2, 0.25) is 0 Å². The minimum atomic E-state index is 0.0500. The molecular formula is C15H16BrNO. The molecule has 0 radical (unpaired) electrons. The largest absolute Gasteiger partial charge is 0.457 e. The Bertz CT molecular complexity index is 535. The van der Waals surface area contributed by atoms with Crippen molar-refractivity contribution >= 4 is 15.9 Å². The molecule has 0 amide bonds. The summed E-state index contributed by atoms with van der Waals surface area (Å²) in [6.07, 6.45) is 0. The van der Waals surface area contributed by atoms with Crippen molar-refractivity contribution in [3.63, 3.8) is 0 Å². The molecule has 0 saturated carbocycles. The molecule has 1 atom stereocenters. The fourth-order valence-corrected chi connectivity index (χ4v) is 1.90. The molecule has 0 spiro atoms. The molecule has 2 N–H and O–H groups in total. The van der Waals surface area contributed by atoms with Crippen molar-refractivity contribution in [3.8, 4) is 11.5 Å². The molecule has 3 heteroatoms. The second-order valence-corrected chi connectivity index (χ2v) is 5.23. The van der Waals surface area contributed by atoms with E-state index in [-0.39, 0.29) is 6.04 Å². The Balaban J connectivity index is 2.15. The maximum Gasteiger partial charge on any atom is 0.127 e. The van der Waals surface area contributed by atoms with Crippen molar-refractivity contribution in [2.45, 2.75) is 19.9 Å². The van der Waals surface area contributed by atoms with Crippen molar-refractivity contribution in [3.05, 3.63) is 58.1 Å². The van der Waals surface area contributed by atoms with Crippen LogP contribution < -0.4 is 10.5 Å². The van der Waals surface area contributed by atoms with Crippen LogP contribution in [0.15, 0.2) is 46.9 Å². The molecule has 0 heterocycles. The number of benzene rings is 2. The van der Waals surface area contributed by atoms with Gasteiger partial charge in [-0.15, -0.1) is 0 Å². The molecule has 0 fully saturated rings. The van der Waals surface area contributed by atoms with Crippen LogP contribution in [0.25, 0.3) is 0 Å². The van der Waals surface area contributed by atoms with Gasteiger partial charge in [0, 0.05) is 10.5 Å². The van der Waals surface area contributed by atoms with Crippen LogP contribution >= 0.6 is 15.9 Å². The number of aryl methyl sites for hydroxylation is 1. The van der Waals surface area contributed by atoms with E-state index in [4.69, 9.17) is 10.5 Å². The summed E-state index contributed by atoms with van der Waals surface area (Å²) >= 11 is 3.47. The summed E-state index contributed by atoms with van der Waals surface area (Å²) in [7, 11) is 0. The maximum absolute atomic E-state index is 5.81. The average Bonchev–Trinajstić information content (AvgIpc) is 2.34. The molecule has 0 aliphatic heterocycles. The van der Waals surface area contributed by atoms with E-state index in [0.29, 0.717) is 0 Å². The molecule has 0 unspecified atom stereocenters. The van der Waals surface area contributed by atoms with Crippen molar-refractivity contribution in [1.82, 2.24) is 0 Å². The predicted molar refractivity (Wildman–Crippen MR) is 78.0 cm³/mol. The summed E-state index contributed by atoms with van der Waals surface area (Å²) in [5.74, 6) is 1.66. The molecule has 94 valence electrons. The SMILES string of the molecule is Cc1cc(Oc2ccc([C@@H](C)N)cc2)ccc1Br. The molecule has 0 aromatic heterocycles. The Morgan fingerprint density at radius 1 is 1.06 bits per heavy atom. The molecule has 0 aliphatic rings. The standard InChI is InChI=1S/C15H16BrNO/c1-10-9-14(7-8-15(10)16)18-13-5-3-12(4-6-13)11(2)17/h3-9,11H,17H2,1-2H3/t11-/m1/s1. The maximum atomic E-state index is 5.81. The van der Waals surface area contributed by atoms with Crippen molar-refractivity contribution < 1.29 is 4.74 Å². The lowest BCUT2D eigenvalue weighted by molar-refractivity contribution is 0.482. The fraction of sp³-hybridized carbons (Fsp3) is 0.200. The minimum absolute atomic E-state index is 0.0500. The molecular weight excluding hydrogens is 290 g/mol. The molecule has 18 heavy (non-hydrogen) atoms. The second kappa shape index (κ2) is 5.55. The van der Waals surface area contributed by atoms with Crippen molar-refractivity contribution in [2.75, 3.05) is 0 Å². The van der Waals surface area contributed by atoms with Crippen LogP contribution in [0.4, 0.5) is 0 Å². The van der Waals surface area contributed by atoms with Gasteiger partial charge < -0.3 is 10.5 Å². The highest BCUT2D eigenvalue weighted by atomic mass is 79.9. The molecule has 2 rings (SSSR count). The zero-order valence-corrected chi connectivity index (χ0v) is 12.1. The van der Waals surface area contributed by atoms with Crippen molar-refractivity contribution in [1.29, 1.82) is 0 Å². The molecule has 2 nitrogen and oxygen atoms in total. The number of rotatable bonds is 3. The van der Waals surface area contributed by atoms with E-state index in [2.05, 4.69) is 15.9 Å². The monoisotopic (exact) mass is 305 g/mol. The van der Waals surface area contributed by atoms with Gasteiger partial charge in [0.1, 0.15) is 11.5 Å². The Labute approximate surface area is 116 Å². The lowest BCUT2D eigenvalue weighted by Crippen LogP contribution is -2.04. The zero-order chi connectivity index (χ0) is 13.1. The van der Waals surface area contributed by atoms with Gasteiger partial charge in [-0.05, 0) is 55.3 Å². The highest BCUT2D eigenvalue weighted by Crippen LogP contribution is 2.26. The van der Waals surface area contributed by atoms with Crippen LogP contribution in [0.1, 0.15) is 24.1 Å². The van der Waals surface area contributed by atoms with E-state index < -0.39 is 0 Å². The van der Waals surface area contributed by atoms with Crippen LogP contribution in [0.3, 0.4) is 0 Å².